The Morgan fingerprint density at radius 3 is 2.75 bits per heavy atom. The lowest BCUT2D eigenvalue weighted by atomic mass is 9.93. The highest BCUT2D eigenvalue weighted by Gasteiger charge is 2.21. The number of ether oxygens (including phenoxy) is 1. The van der Waals surface area contributed by atoms with Crippen molar-refractivity contribution in [3.63, 3.8) is 0 Å². The van der Waals surface area contributed by atoms with Gasteiger partial charge in [0.2, 0.25) is 0 Å². The van der Waals surface area contributed by atoms with Gasteiger partial charge in [-0.05, 0) is 50.3 Å². The highest BCUT2D eigenvalue weighted by molar-refractivity contribution is 6.31. The fourth-order valence-electron chi connectivity index (χ4n) is 2.65. The first-order valence-electron chi connectivity index (χ1n) is 7.48. The number of benzene rings is 1. The van der Waals surface area contributed by atoms with Crippen molar-refractivity contribution in [3.05, 3.63) is 34.6 Å². The van der Waals surface area contributed by atoms with Gasteiger partial charge in [-0.25, -0.2) is 4.39 Å². The molecule has 4 heteroatoms. The van der Waals surface area contributed by atoms with Crippen LogP contribution < -0.4 is 5.32 Å². The highest BCUT2D eigenvalue weighted by atomic mass is 35.5. The molecule has 1 aromatic rings. The minimum absolute atomic E-state index is 0.186. The van der Waals surface area contributed by atoms with Crippen LogP contribution in [0.4, 0.5) is 4.39 Å². The van der Waals surface area contributed by atoms with Gasteiger partial charge in [0.1, 0.15) is 5.82 Å². The van der Waals surface area contributed by atoms with Crippen molar-refractivity contribution >= 4 is 11.6 Å². The van der Waals surface area contributed by atoms with E-state index < -0.39 is 0 Å². The van der Waals surface area contributed by atoms with Crippen LogP contribution in [0.25, 0.3) is 0 Å². The van der Waals surface area contributed by atoms with Crippen LogP contribution in [0.5, 0.6) is 0 Å². The first-order chi connectivity index (χ1) is 9.70. The molecular weight excluding hydrogens is 277 g/mol. The summed E-state index contributed by atoms with van der Waals surface area (Å²) in [7, 11) is 0. The molecule has 2 rings (SSSR count). The van der Waals surface area contributed by atoms with Crippen LogP contribution in [-0.2, 0) is 11.3 Å². The maximum atomic E-state index is 13.3. The molecule has 0 heterocycles. The molecule has 1 saturated carbocycles. The van der Waals surface area contributed by atoms with Gasteiger partial charge in [0.15, 0.2) is 0 Å². The zero-order valence-electron chi connectivity index (χ0n) is 12.0. The number of hydrogen-bond donors (Lipinski definition) is 1. The number of halogens is 2. The summed E-state index contributed by atoms with van der Waals surface area (Å²) in [5.41, 5.74) is 0.734. The first kappa shape index (κ1) is 15.7. The second-order valence-electron chi connectivity index (χ2n) is 5.45. The van der Waals surface area contributed by atoms with Gasteiger partial charge in [0.05, 0.1) is 17.7 Å². The lowest BCUT2D eigenvalue weighted by molar-refractivity contribution is 0.0113. The Kier molecular flexibility index (Phi) is 6.27. The normalized spacial score (nSPS) is 22.9. The largest absolute Gasteiger partial charge is 0.373 e. The minimum Gasteiger partial charge on any atom is -0.373 e. The molecular formula is C16H23ClFNO. The van der Waals surface area contributed by atoms with E-state index in [1.165, 1.54) is 12.5 Å². The van der Waals surface area contributed by atoms with E-state index in [0.29, 0.717) is 12.6 Å². The molecule has 0 spiro atoms. The Labute approximate surface area is 125 Å². The molecule has 1 N–H and O–H groups in total. The smallest absolute Gasteiger partial charge is 0.142 e. The summed E-state index contributed by atoms with van der Waals surface area (Å²) in [4.78, 5) is 0. The quantitative estimate of drug-likeness (QED) is 0.845. The summed E-state index contributed by atoms with van der Waals surface area (Å²) in [5.74, 6) is -0.375. The van der Waals surface area contributed by atoms with Crippen LogP contribution in [0, 0.1) is 5.82 Å². The molecule has 0 aromatic heterocycles. The summed E-state index contributed by atoms with van der Waals surface area (Å²) in [6.07, 6.45) is 5.88. The van der Waals surface area contributed by atoms with Crippen LogP contribution in [0.3, 0.4) is 0 Å². The van der Waals surface area contributed by atoms with Crippen molar-refractivity contribution in [2.45, 2.75) is 57.8 Å². The molecule has 1 aliphatic rings. The fraction of sp³-hybridized carbons (Fsp3) is 0.625. The second-order valence-corrected chi connectivity index (χ2v) is 5.83. The van der Waals surface area contributed by atoms with Crippen LogP contribution >= 0.6 is 11.6 Å². The zero-order valence-corrected chi connectivity index (χ0v) is 12.8. The van der Waals surface area contributed by atoms with Crippen molar-refractivity contribution in [1.82, 2.24) is 5.32 Å². The van der Waals surface area contributed by atoms with E-state index in [9.17, 15) is 4.39 Å². The van der Waals surface area contributed by atoms with Crippen LogP contribution in [0.2, 0.25) is 5.02 Å². The molecule has 0 unspecified atom stereocenters. The van der Waals surface area contributed by atoms with Crippen molar-refractivity contribution in [3.8, 4) is 0 Å². The Balaban J connectivity index is 1.74. The third-order valence-electron chi connectivity index (χ3n) is 3.86. The summed E-state index contributed by atoms with van der Waals surface area (Å²) in [5, 5.41) is 3.74. The van der Waals surface area contributed by atoms with Crippen LogP contribution in [-0.4, -0.2) is 18.7 Å². The maximum absolute atomic E-state index is 13.3. The van der Waals surface area contributed by atoms with Gasteiger partial charge in [-0.1, -0.05) is 30.7 Å². The Hall–Kier alpha value is -0.640. The standard InChI is InChI=1S/C16H23ClFNO/c1-2-10-19-13-6-8-14(9-7-13)20-11-12-4-3-5-15(18)16(12)17/h3-5,13-14,19H,2,6-11H2,1H3. The predicted molar refractivity (Wildman–Crippen MR) is 80.5 cm³/mol. The Morgan fingerprint density at radius 1 is 1.30 bits per heavy atom. The number of hydrogen-bond acceptors (Lipinski definition) is 2. The summed E-state index contributed by atoms with van der Waals surface area (Å²) in [6, 6.07) is 5.49. The van der Waals surface area contributed by atoms with Crippen LogP contribution in [0.15, 0.2) is 18.2 Å². The topological polar surface area (TPSA) is 21.3 Å². The molecule has 0 radical (unpaired) electrons. The SMILES string of the molecule is CCCNC1CCC(OCc2cccc(F)c2Cl)CC1. The fourth-order valence-corrected chi connectivity index (χ4v) is 2.83. The van der Waals surface area contributed by atoms with Crippen LogP contribution in [0.1, 0.15) is 44.6 Å². The lowest BCUT2D eigenvalue weighted by Crippen LogP contribution is -2.35. The molecule has 1 fully saturated rings. The monoisotopic (exact) mass is 299 g/mol. The van der Waals surface area contributed by atoms with Gasteiger partial charge >= 0.3 is 0 Å². The molecule has 112 valence electrons. The first-order valence-corrected chi connectivity index (χ1v) is 7.86. The third-order valence-corrected chi connectivity index (χ3v) is 4.29. The summed E-state index contributed by atoms with van der Waals surface area (Å²) < 4.78 is 19.2. The lowest BCUT2D eigenvalue weighted by Gasteiger charge is -2.29. The second kappa shape index (κ2) is 7.96. The summed E-state index contributed by atoms with van der Waals surface area (Å²) >= 11 is 5.93. The average molecular weight is 300 g/mol. The van der Waals surface area contributed by atoms with Gasteiger partial charge in [-0.2, -0.15) is 0 Å². The molecule has 0 aliphatic heterocycles. The van der Waals surface area contributed by atoms with E-state index in [4.69, 9.17) is 16.3 Å². The van der Waals surface area contributed by atoms with E-state index in [0.717, 1.165) is 37.8 Å². The predicted octanol–water partition coefficient (Wildman–Crippen LogP) is 4.31. The van der Waals surface area contributed by atoms with E-state index in [1.54, 1.807) is 6.07 Å². The molecule has 0 bridgehead atoms. The average Bonchev–Trinajstić information content (AvgIpc) is 2.48. The highest BCUT2D eigenvalue weighted by Crippen LogP contribution is 2.25. The van der Waals surface area contributed by atoms with Crippen molar-refractivity contribution in [2.24, 2.45) is 0 Å². The summed E-state index contributed by atoms with van der Waals surface area (Å²) in [6.45, 7) is 3.67. The zero-order chi connectivity index (χ0) is 14.4. The number of rotatable bonds is 6. The molecule has 2 nitrogen and oxygen atoms in total. The van der Waals surface area contributed by atoms with Gasteiger partial charge in [-0.15, -0.1) is 0 Å². The molecule has 0 saturated heterocycles. The minimum atomic E-state index is -0.375. The number of nitrogens with one attached hydrogen (secondary N) is 1. The molecule has 1 aromatic carbocycles. The van der Waals surface area contributed by atoms with Gasteiger partial charge < -0.3 is 10.1 Å². The van der Waals surface area contributed by atoms with Crippen molar-refractivity contribution < 1.29 is 9.13 Å². The van der Waals surface area contributed by atoms with Gasteiger partial charge in [-0.3, -0.25) is 0 Å². The Morgan fingerprint density at radius 2 is 2.05 bits per heavy atom. The third kappa shape index (κ3) is 4.44. The van der Waals surface area contributed by atoms with Crippen molar-refractivity contribution in [2.75, 3.05) is 6.54 Å². The van der Waals surface area contributed by atoms with Gasteiger partial charge in [0, 0.05) is 6.04 Å². The van der Waals surface area contributed by atoms with Gasteiger partial charge in [0.25, 0.3) is 0 Å². The Bertz CT molecular complexity index is 419. The molecule has 20 heavy (non-hydrogen) atoms. The van der Waals surface area contributed by atoms with E-state index >= 15 is 0 Å². The molecule has 0 amide bonds. The van der Waals surface area contributed by atoms with E-state index in [1.807, 2.05) is 6.07 Å². The van der Waals surface area contributed by atoms with E-state index in [2.05, 4.69) is 12.2 Å². The van der Waals surface area contributed by atoms with E-state index in [-0.39, 0.29) is 16.9 Å². The molecule has 1 aliphatic carbocycles. The van der Waals surface area contributed by atoms with Crippen molar-refractivity contribution in [1.29, 1.82) is 0 Å². The molecule has 0 atom stereocenters. The maximum Gasteiger partial charge on any atom is 0.142 e.